The topological polar surface area (TPSA) is 20.2 Å². The predicted octanol–water partition coefficient (Wildman–Crippen LogP) is 4.52. The number of hydrogen-bond donors (Lipinski definition) is 1. The number of aromatic hydroxyl groups is 1. The number of halogens is 3. The lowest BCUT2D eigenvalue weighted by Gasteiger charge is -2.06. The van der Waals surface area contributed by atoms with Gasteiger partial charge < -0.3 is 5.11 Å². The van der Waals surface area contributed by atoms with E-state index in [1.165, 1.54) is 12.1 Å². The molecular formula is C12H6Br2FO. The summed E-state index contributed by atoms with van der Waals surface area (Å²) >= 11 is 6.49. The maximum atomic E-state index is 13.7. The summed E-state index contributed by atoms with van der Waals surface area (Å²) in [4.78, 5) is 0. The highest BCUT2D eigenvalue weighted by Crippen LogP contribution is 2.33. The molecule has 2 aromatic rings. The molecule has 4 heteroatoms. The highest BCUT2D eigenvalue weighted by Gasteiger charge is 2.10. The second-order valence-electron chi connectivity index (χ2n) is 3.19. The standard InChI is InChI=1S/C12H6Br2FO/c13-7-1-3-9(12(15)5-7)10-6-8(16)2-4-11(10)14/h1-5,16H. The molecular weight excluding hydrogens is 339 g/mol. The van der Waals surface area contributed by atoms with Crippen LogP contribution in [-0.4, -0.2) is 5.11 Å². The summed E-state index contributed by atoms with van der Waals surface area (Å²) in [5.41, 5.74) is 0.899. The monoisotopic (exact) mass is 343 g/mol. The van der Waals surface area contributed by atoms with Crippen molar-refractivity contribution < 1.29 is 9.50 Å². The molecule has 1 N–H and O–H groups in total. The fraction of sp³-hybridized carbons (Fsp3) is 0. The van der Waals surface area contributed by atoms with Crippen molar-refractivity contribution in [1.29, 1.82) is 0 Å². The molecule has 0 aliphatic heterocycles. The Morgan fingerprint density at radius 2 is 1.88 bits per heavy atom. The third-order valence-electron chi connectivity index (χ3n) is 2.08. The van der Waals surface area contributed by atoms with Crippen LogP contribution in [0.25, 0.3) is 11.1 Å². The van der Waals surface area contributed by atoms with Gasteiger partial charge in [-0.1, -0.05) is 37.9 Å². The Morgan fingerprint density at radius 3 is 2.56 bits per heavy atom. The molecule has 16 heavy (non-hydrogen) atoms. The first-order valence-electron chi connectivity index (χ1n) is 4.44. The van der Waals surface area contributed by atoms with Gasteiger partial charge in [-0.3, -0.25) is 0 Å². The Morgan fingerprint density at radius 1 is 1.12 bits per heavy atom. The summed E-state index contributed by atoms with van der Waals surface area (Å²) in [5, 5.41) is 9.34. The van der Waals surface area contributed by atoms with E-state index in [9.17, 15) is 9.50 Å². The lowest BCUT2D eigenvalue weighted by Crippen LogP contribution is -1.86. The predicted molar refractivity (Wildman–Crippen MR) is 67.7 cm³/mol. The molecule has 81 valence electrons. The van der Waals surface area contributed by atoms with Crippen molar-refractivity contribution in [2.45, 2.75) is 0 Å². The van der Waals surface area contributed by atoms with E-state index in [1.54, 1.807) is 18.2 Å². The fourth-order valence-corrected chi connectivity index (χ4v) is 2.13. The van der Waals surface area contributed by atoms with Crippen molar-refractivity contribution in [1.82, 2.24) is 0 Å². The van der Waals surface area contributed by atoms with Crippen molar-refractivity contribution in [3.05, 3.63) is 51.2 Å². The molecule has 0 saturated carbocycles. The SMILES string of the molecule is Oc1[c]c(-c2ccc(Br)cc2F)c(Br)cc1. The minimum Gasteiger partial charge on any atom is -0.507 e. The number of phenolic OH excluding ortho intramolecular Hbond substituents is 1. The zero-order valence-corrected chi connectivity index (χ0v) is 11.1. The van der Waals surface area contributed by atoms with Gasteiger partial charge in [-0.2, -0.15) is 0 Å². The van der Waals surface area contributed by atoms with Gasteiger partial charge in [0.15, 0.2) is 0 Å². The average molecular weight is 345 g/mol. The molecule has 0 aromatic heterocycles. The molecule has 0 amide bonds. The number of rotatable bonds is 1. The first kappa shape index (κ1) is 11.6. The molecule has 0 saturated heterocycles. The van der Waals surface area contributed by atoms with Crippen molar-refractivity contribution >= 4 is 31.9 Å². The normalized spacial score (nSPS) is 10.4. The molecule has 1 nitrogen and oxygen atoms in total. The van der Waals surface area contributed by atoms with Crippen LogP contribution in [0, 0.1) is 11.9 Å². The van der Waals surface area contributed by atoms with E-state index in [0.717, 1.165) is 0 Å². The van der Waals surface area contributed by atoms with Gasteiger partial charge >= 0.3 is 0 Å². The van der Waals surface area contributed by atoms with Gasteiger partial charge in [0.2, 0.25) is 0 Å². The van der Waals surface area contributed by atoms with Crippen molar-refractivity contribution in [3.8, 4) is 16.9 Å². The van der Waals surface area contributed by atoms with Crippen LogP contribution >= 0.6 is 31.9 Å². The molecule has 0 atom stereocenters. The van der Waals surface area contributed by atoms with Gasteiger partial charge in [-0.05, 0) is 24.3 Å². The fourth-order valence-electron chi connectivity index (χ4n) is 1.35. The Labute approximate surface area is 109 Å². The van der Waals surface area contributed by atoms with Gasteiger partial charge in [-0.15, -0.1) is 0 Å². The number of hydrogen-bond acceptors (Lipinski definition) is 1. The molecule has 2 rings (SSSR count). The first-order valence-corrected chi connectivity index (χ1v) is 6.03. The number of benzene rings is 2. The molecule has 0 spiro atoms. The van der Waals surface area contributed by atoms with Crippen molar-refractivity contribution in [2.24, 2.45) is 0 Å². The van der Waals surface area contributed by atoms with Crippen LogP contribution < -0.4 is 0 Å². The van der Waals surface area contributed by atoms with Crippen LogP contribution in [0.5, 0.6) is 5.75 Å². The largest absolute Gasteiger partial charge is 0.507 e. The molecule has 1 radical (unpaired) electrons. The Balaban J connectivity index is 2.62. The van der Waals surface area contributed by atoms with Crippen molar-refractivity contribution in [2.75, 3.05) is 0 Å². The number of phenols is 1. The van der Waals surface area contributed by atoms with Gasteiger partial charge in [0.05, 0.1) is 0 Å². The second kappa shape index (κ2) is 4.55. The molecule has 0 fully saturated rings. The lowest BCUT2D eigenvalue weighted by molar-refractivity contribution is 0.474. The highest BCUT2D eigenvalue weighted by molar-refractivity contribution is 9.10. The zero-order chi connectivity index (χ0) is 11.7. The van der Waals surface area contributed by atoms with E-state index in [-0.39, 0.29) is 11.6 Å². The van der Waals surface area contributed by atoms with Gasteiger partial charge in [0, 0.05) is 26.1 Å². The maximum absolute atomic E-state index is 13.7. The molecule has 0 unspecified atom stereocenters. The van der Waals surface area contributed by atoms with Gasteiger partial charge in [-0.25, -0.2) is 4.39 Å². The summed E-state index contributed by atoms with van der Waals surface area (Å²) in [6, 6.07) is 10.6. The van der Waals surface area contributed by atoms with E-state index >= 15 is 0 Å². The van der Waals surface area contributed by atoms with E-state index < -0.39 is 0 Å². The van der Waals surface area contributed by atoms with E-state index in [1.807, 2.05) is 0 Å². The summed E-state index contributed by atoms with van der Waals surface area (Å²) in [6.45, 7) is 0. The van der Waals surface area contributed by atoms with Crippen LogP contribution in [0.3, 0.4) is 0 Å². The van der Waals surface area contributed by atoms with Crippen LogP contribution in [-0.2, 0) is 0 Å². The summed E-state index contributed by atoms with van der Waals surface area (Å²) < 4.78 is 15.1. The minimum absolute atomic E-state index is 0.0134. The highest BCUT2D eigenvalue weighted by atomic mass is 79.9. The molecule has 2 aromatic carbocycles. The summed E-state index contributed by atoms with van der Waals surface area (Å²) in [5.74, 6) is -0.377. The van der Waals surface area contributed by atoms with Crippen LogP contribution in [0.2, 0.25) is 0 Å². The lowest BCUT2D eigenvalue weighted by atomic mass is 10.1. The van der Waals surface area contributed by atoms with E-state index in [2.05, 4.69) is 37.9 Å². The van der Waals surface area contributed by atoms with Crippen LogP contribution in [0.15, 0.2) is 39.3 Å². The Hall–Kier alpha value is -0.870. The van der Waals surface area contributed by atoms with Gasteiger partial charge in [0.25, 0.3) is 0 Å². The Bertz CT molecular complexity index is 541. The first-order chi connectivity index (χ1) is 7.58. The minimum atomic E-state index is -0.364. The Kier molecular flexibility index (Phi) is 3.30. The third kappa shape index (κ3) is 2.28. The second-order valence-corrected chi connectivity index (χ2v) is 4.96. The average Bonchev–Trinajstić information content (AvgIpc) is 2.22. The third-order valence-corrected chi connectivity index (χ3v) is 3.23. The summed E-state index contributed by atoms with van der Waals surface area (Å²) in [7, 11) is 0. The molecule has 0 aliphatic rings. The smallest absolute Gasteiger partial charge is 0.132 e. The molecule has 0 bridgehead atoms. The molecule has 0 aliphatic carbocycles. The zero-order valence-electron chi connectivity index (χ0n) is 7.97. The van der Waals surface area contributed by atoms with E-state index in [0.29, 0.717) is 20.1 Å². The molecule has 0 heterocycles. The van der Waals surface area contributed by atoms with E-state index in [4.69, 9.17) is 0 Å². The van der Waals surface area contributed by atoms with Crippen LogP contribution in [0.4, 0.5) is 4.39 Å². The maximum Gasteiger partial charge on any atom is 0.132 e. The summed E-state index contributed by atoms with van der Waals surface area (Å²) in [6.07, 6.45) is 0. The van der Waals surface area contributed by atoms with Gasteiger partial charge in [0.1, 0.15) is 11.6 Å². The van der Waals surface area contributed by atoms with Crippen LogP contribution in [0.1, 0.15) is 0 Å². The quantitative estimate of drug-likeness (QED) is 0.806. The van der Waals surface area contributed by atoms with Crippen molar-refractivity contribution in [3.63, 3.8) is 0 Å².